The number of nitrogens with one attached hydrogen (secondary N) is 2. The summed E-state index contributed by atoms with van der Waals surface area (Å²) in [5, 5.41) is 0. The highest BCUT2D eigenvalue weighted by Crippen LogP contribution is 2.49. The quantitative estimate of drug-likeness (QED) is 0.386. The molecule has 0 saturated carbocycles. The van der Waals surface area contributed by atoms with E-state index in [2.05, 4.69) is 9.97 Å². The molecule has 200 valence electrons. The average Bonchev–Trinajstić information content (AvgIpc) is 3.42. The summed E-state index contributed by atoms with van der Waals surface area (Å²) in [7, 11) is -6.74. The lowest BCUT2D eigenvalue weighted by Crippen LogP contribution is -2.32. The number of hydrogen-bond acceptors (Lipinski definition) is 9. The van der Waals surface area contributed by atoms with Crippen molar-refractivity contribution in [3.63, 3.8) is 0 Å². The Morgan fingerprint density at radius 1 is 0.861 bits per heavy atom. The zero-order valence-electron chi connectivity index (χ0n) is 19.8. The second-order valence-electron chi connectivity index (χ2n) is 9.10. The topological polar surface area (TPSA) is 206 Å². The fourth-order valence-electron chi connectivity index (χ4n) is 3.95. The summed E-state index contributed by atoms with van der Waals surface area (Å²) in [6, 6.07) is 2.50. The number of nitrogens with zero attached hydrogens (tertiary/aromatic N) is 2. The molecule has 0 radical (unpaired) electrons. The molecule has 36 heavy (non-hydrogen) atoms. The van der Waals surface area contributed by atoms with Gasteiger partial charge in [0.15, 0.2) is 7.60 Å². The van der Waals surface area contributed by atoms with E-state index >= 15 is 0 Å². The number of H-pyrrole nitrogens is 2. The van der Waals surface area contributed by atoms with Crippen molar-refractivity contribution in [2.24, 2.45) is 0 Å². The molecule has 0 spiro atoms. The lowest BCUT2D eigenvalue weighted by atomic mass is 10.2. The van der Waals surface area contributed by atoms with Gasteiger partial charge in [0.1, 0.15) is 18.8 Å². The third-order valence-corrected chi connectivity index (χ3v) is 8.70. The maximum atomic E-state index is 11.9. The maximum Gasteiger partial charge on any atom is 0.328 e. The molecule has 14 nitrogen and oxygen atoms in total. The van der Waals surface area contributed by atoms with Crippen LogP contribution in [0.3, 0.4) is 0 Å². The Kier molecular flexibility index (Phi) is 8.92. The fourth-order valence-corrected chi connectivity index (χ4v) is 5.99. The van der Waals surface area contributed by atoms with Crippen LogP contribution in [0.15, 0.2) is 43.7 Å². The highest BCUT2D eigenvalue weighted by atomic mass is 31.2. The van der Waals surface area contributed by atoms with Gasteiger partial charge in [0, 0.05) is 24.5 Å². The first-order chi connectivity index (χ1) is 16.7. The lowest BCUT2D eigenvalue weighted by Gasteiger charge is -2.23. The summed E-state index contributed by atoms with van der Waals surface area (Å²) in [4.78, 5) is 68.7. The molecule has 0 aromatic carbocycles. The standard InChI is InChI=1S/C11H17N2O4P.C9H13N2O6P/c1-18(2,16)10-4-3-8(17-10)7-13-6-5-9(14)12-11(13)15;12-7-3-4-11(9(13)10-7)5-6-1-2-8(17-6)18(14,15)16/h5-6,8,10H,3-4,7H2,1-2H3,(H,12,14,15);3-4,6,8H,1-2,5H2,(H,10,12,13)(H2,14,15,16)/p-1. The van der Waals surface area contributed by atoms with Crippen LogP contribution in [0.2, 0.25) is 0 Å². The van der Waals surface area contributed by atoms with Gasteiger partial charge in [-0.25, -0.2) is 9.59 Å². The molecule has 2 fully saturated rings. The number of hydrogen-bond donors (Lipinski definition) is 3. The third-order valence-electron chi connectivity index (χ3n) is 5.82. The zero-order valence-corrected chi connectivity index (χ0v) is 21.6. The summed E-state index contributed by atoms with van der Waals surface area (Å²) in [5.74, 6) is -1.41. The second kappa shape index (κ2) is 11.4. The molecule has 3 N–H and O–H groups in total. The van der Waals surface area contributed by atoms with Crippen LogP contribution in [-0.4, -0.2) is 61.2 Å². The molecule has 0 bridgehead atoms. The van der Waals surface area contributed by atoms with Crippen molar-refractivity contribution >= 4 is 14.7 Å². The minimum atomic E-state index is -4.49. The van der Waals surface area contributed by atoms with Gasteiger partial charge in [-0.2, -0.15) is 0 Å². The fraction of sp³-hybridized carbons (Fsp3) is 0.600. The van der Waals surface area contributed by atoms with Crippen molar-refractivity contribution in [1.82, 2.24) is 19.1 Å². The Balaban J connectivity index is 0.000000201. The van der Waals surface area contributed by atoms with Gasteiger partial charge in [-0.3, -0.25) is 28.7 Å². The largest absolute Gasteiger partial charge is 0.777 e. The molecule has 4 heterocycles. The van der Waals surface area contributed by atoms with E-state index in [1.165, 1.54) is 33.7 Å². The van der Waals surface area contributed by atoms with Gasteiger partial charge < -0.3 is 28.4 Å². The van der Waals surface area contributed by atoms with E-state index in [-0.39, 0.29) is 24.9 Å². The highest BCUT2D eigenvalue weighted by Gasteiger charge is 2.34. The molecule has 2 saturated heterocycles. The first-order valence-electron chi connectivity index (χ1n) is 11.2. The van der Waals surface area contributed by atoms with Crippen molar-refractivity contribution in [2.45, 2.75) is 62.7 Å². The highest BCUT2D eigenvalue weighted by molar-refractivity contribution is 7.62. The minimum absolute atomic E-state index is 0.119. The molecule has 0 aliphatic carbocycles. The normalized spacial score (nSPS) is 25.7. The summed E-state index contributed by atoms with van der Waals surface area (Å²) in [6.45, 7) is 3.94. The minimum Gasteiger partial charge on any atom is -0.777 e. The van der Waals surface area contributed by atoms with Crippen LogP contribution in [0.25, 0.3) is 0 Å². The zero-order chi connectivity index (χ0) is 26.7. The van der Waals surface area contributed by atoms with Crippen LogP contribution in [0.4, 0.5) is 0 Å². The number of aromatic nitrogens is 4. The Bertz CT molecular complexity index is 1280. The summed E-state index contributed by atoms with van der Waals surface area (Å²) < 4.78 is 36.2. The van der Waals surface area contributed by atoms with E-state index in [1.807, 2.05) is 0 Å². The van der Waals surface area contributed by atoms with Gasteiger partial charge in [0.05, 0.1) is 25.3 Å². The van der Waals surface area contributed by atoms with E-state index in [9.17, 15) is 33.2 Å². The smallest absolute Gasteiger partial charge is 0.328 e. The van der Waals surface area contributed by atoms with Gasteiger partial charge >= 0.3 is 11.4 Å². The molecular weight excluding hydrogens is 518 g/mol. The molecule has 2 aliphatic rings. The van der Waals surface area contributed by atoms with Crippen LogP contribution in [0.5, 0.6) is 0 Å². The monoisotopic (exact) mass is 547 g/mol. The molecule has 2 aromatic heterocycles. The molecular formula is C20H29N4O10P2-. The molecule has 2 aliphatic heterocycles. The average molecular weight is 547 g/mol. The van der Waals surface area contributed by atoms with Gasteiger partial charge in [-0.15, -0.1) is 0 Å². The first kappa shape index (κ1) is 28.2. The van der Waals surface area contributed by atoms with E-state index in [0.29, 0.717) is 13.0 Å². The van der Waals surface area contributed by atoms with Crippen molar-refractivity contribution in [3.8, 4) is 0 Å². The Morgan fingerprint density at radius 2 is 1.28 bits per heavy atom. The van der Waals surface area contributed by atoms with Gasteiger partial charge in [-0.1, -0.05) is 0 Å². The van der Waals surface area contributed by atoms with Gasteiger partial charge in [-0.05, 0) is 39.0 Å². The van der Waals surface area contributed by atoms with E-state index < -0.39 is 49.2 Å². The number of aromatic amines is 2. The Labute approximate surface area is 204 Å². The second-order valence-corrected chi connectivity index (χ2v) is 14.3. The van der Waals surface area contributed by atoms with Crippen LogP contribution in [0, 0.1) is 0 Å². The Hall–Kier alpha value is -2.34. The van der Waals surface area contributed by atoms with Gasteiger partial charge in [0.25, 0.3) is 11.1 Å². The van der Waals surface area contributed by atoms with Crippen LogP contribution in [0.1, 0.15) is 25.7 Å². The molecule has 2 aromatic rings. The summed E-state index contributed by atoms with van der Waals surface area (Å²) >= 11 is 0. The molecule has 5 unspecified atom stereocenters. The molecule has 16 heteroatoms. The predicted molar refractivity (Wildman–Crippen MR) is 128 cm³/mol. The predicted octanol–water partition coefficient (Wildman–Crippen LogP) is -0.748. The van der Waals surface area contributed by atoms with Crippen LogP contribution in [-0.2, 0) is 31.7 Å². The van der Waals surface area contributed by atoms with Crippen molar-refractivity contribution in [2.75, 3.05) is 13.3 Å². The lowest BCUT2D eigenvalue weighted by molar-refractivity contribution is -0.204. The summed E-state index contributed by atoms with van der Waals surface area (Å²) in [5.41, 5.74) is -1.93. The first-order valence-corrected chi connectivity index (χ1v) is 15.5. The van der Waals surface area contributed by atoms with E-state index in [4.69, 9.17) is 14.4 Å². The summed E-state index contributed by atoms with van der Waals surface area (Å²) in [6.07, 6.45) is 4.32. The SMILES string of the molecule is CP(C)(=O)C1CCC(Cn2ccc(=O)[nH]c2=O)O1.O=c1ccn(CC2CCC(P(=O)([O-])O)O2)c(=O)[nH]1. The molecule has 5 atom stereocenters. The van der Waals surface area contributed by atoms with Crippen molar-refractivity contribution < 1.29 is 28.4 Å². The third kappa shape index (κ3) is 7.83. The molecule has 4 rings (SSSR count). The van der Waals surface area contributed by atoms with Crippen molar-refractivity contribution in [1.29, 1.82) is 0 Å². The van der Waals surface area contributed by atoms with E-state index in [1.54, 1.807) is 13.3 Å². The maximum absolute atomic E-state index is 11.9. The molecule has 0 amide bonds. The number of ether oxygens (including phenoxy) is 2. The van der Waals surface area contributed by atoms with Crippen LogP contribution >= 0.6 is 14.7 Å². The Morgan fingerprint density at radius 3 is 1.61 bits per heavy atom. The van der Waals surface area contributed by atoms with Crippen LogP contribution < -0.4 is 27.4 Å². The van der Waals surface area contributed by atoms with Crippen molar-refractivity contribution in [3.05, 3.63) is 66.2 Å². The number of rotatable bonds is 6. The van der Waals surface area contributed by atoms with E-state index in [0.717, 1.165) is 12.8 Å². The van der Waals surface area contributed by atoms with Gasteiger partial charge in [0.2, 0.25) is 0 Å².